The number of aromatic amines is 1. The molecule has 0 radical (unpaired) electrons. The minimum atomic E-state index is 0. The van der Waals surface area contributed by atoms with Gasteiger partial charge in [0.1, 0.15) is 0 Å². The summed E-state index contributed by atoms with van der Waals surface area (Å²) in [7, 11) is 0. The van der Waals surface area contributed by atoms with Crippen LogP contribution in [0.3, 0.4) is 0 Å². The lowest BCUT2D eigenvalue weighted by Crippen LogP contribution is -1.93. The number of nitrogens with one attached hydrogen (secondary N) is 1. The fraction of sp³-hybridized carbons (Fsp3) is 0.111. The minimum Gasteiger partial charge on any atom is -0.361 e. The van der Waals surface area contributed by atoms with Crippen molar-refractivity contribution in [1.82, 2.24) is 4.98 Å². The molecule has 0 aliphatic carbocycles. The highest BCUT2D eigenvalue weighted by atomic mass is 79.9. The first-order valence-electron chi connectivity index (χ1n) is 3.77. The monoisotopic (exact) mass is 260 g/mol. The Morgan fingerprint density at radius 1 is 1.38 bits per heavy atom. The maximum atomic E-state index is 5.58. The number of benzene rings is 1. The van der Waals surface area contributed by atoms with Gasteiger partial charge in [-0.25, -0.2) is 0 Å². The number of halogens is 2. The van der Waals surface area contributed by atoms with Crippen molar-refractivity contribution in [3.8, 4) is 0 Å². The van der Waals surface area contributed by atoms with Crippen LogP contribution < -0.4 is 5.73 Å². The van der Waals surface area contributed by atoms with Crippen LogP contribution in [-0.4, -0.2) is 4.98 Å². The molecular weight excluding hydrogens is 251 g/mol. The highest BCUT2D eigenvalue weighted by Gasteiger charge is 2.00. The van der Waals surface area contributed by atoms with E-state index in [0.717, 1.165) is 15.6 Å². The van der Waals surface area contributed by atoms with Gasteiger partial charge in [-0.05, 0) is 23.8 Å². The van der Waals surface area contributed by atoms with Crippen LogP contribution in [0.2, 0.25) is 0 Å². The molecule has 0 bridgehead atoms. The van der Waals surface area contributed by atoms with Crippen LogP contribution in [0.4, 0.5) is 0 Å². The second-order valence-corrected chi connectivity index (χ2v) is 3.62. The van der Waals surface area contributed by atoms with E-state index >= 15 is 0 Å². The third-order valence-electron chi connectivity index (χ3n) is 1.95. The number of fused-ring (bicyclic) bond motifs is 1. The lowest BCUT2D eigenvalue weighted by atomic mass is 10.2. The van der Waals surface area contributed by atoms with Crippen LogP contribution >= 0.6 is 28.3 Å². The van der Waals surface area contributed by atoms with Gasteiger partial charge in [-0.2, -0.15) is 0 Å². The first-order valence-corrected chi connectivity index (χ1v) is 4.56. The third kappa shape index (κ3) is 1.88. The van der Waals surface area contributed by atoms with Gasteiger partial charge in [0.25, 0.3) is 0 Å². The molecule has 0 saturated carbocycles. The summed E-state index contributed by atoms with van der Waals surface area (Å²) in [6.07, 6.45) is 1.96. The average molecular weight is 262 g/mol. The average Bonchev–Trinajstić information content (AvgIpc) is 2.46. The molecule has 70 valence electrons. The number of rotatable bonds is 1. The van der Waals surface area contributed by atoms with E-state index in [2.05, 4.69) is 27.0 Å². The number of hydrogen-bond donors (Lipinski definition) is 2. The first-order chi connectivity index (χ1) is 5.81. The van der Waals surface area contributed by atoms with E-state index in [0.29, 0.717) is 6.54 Å². The zero-order valence-corrected chi connectivity index (χ0v) is 9.28. The van der Waals surface area contributed by atoms with E-state index in [9.17, 15) is 0 Å². The SMILES string of the molecule is Cl.NCc1c[nH]c2ccc(Br)cc12. The molecule has 0 unspecified atom stereocenters. The van der Waals surface area contributed by atoms with Crippen molar-refractivity contribution in [3.05, 3.63) is 34.4 Å². The van der Waals surface area contributed by atoms with Gasteiger partial charge in [0.15, 0.2) is 0 Å². The molecule has 0 saturated heterocycles. The summed E-state index contributed by atoms with van der Waals surface area (Å²) < 4.78 is 1.09. The van der Waals surface area contributed by atoms with E-state index < -0.39 is 0 Å². The van der Waals surface area contributed by atoms with E-state index in [1.807, 2.05) is 18.3 Å². The largest absolute Gasteiger partial charge is 0.361 e. The molecule has 1 aromatic carbocycles. The molecule has 13 heavy (non-hydrogen) atoms. The molecule has 0 amide bonds. The normalized spacial score (nSPS) is 10.0. The number of aromatic nitrogens is 1. The smallest absolute Gasteiger partial charge is 0.0458 e. The molecule has 2 rings (SSSR count). The van der Waals surface area contributed by atoms with E-state index in [1.54, 1.807) is 0 Å². The Labute approximate surface area is 91.0 Å². The zero-order valence-electron chi connectivity index (χ0n) is 6.88. The summed E-state index contributed by atoms with van der Waals surface area (Å²) in [4.78, 5) is 3.17. The van der Waals surface area contributed by atoms with E-state index in [1.165, 1.54) is 5.39 Å². The van der Waals surface area contributed by atoms with Gasteiger partial charge in [0.05, 0.1) is 0 Å². The number of hydrogen-bond acceptors (Lipinski definition) is 1. The van der Waals surface area contributed by atoms with Crippen molar-refractivity contribution < 1.29 is 0 Å². The topological polar surface area (TPSA) is 41.8 Å². The van der Waals surface area contributed by atoms with Crippen molar-refractivity contribution in [2.24, 2.45) is 5.73 Å². The minimum absolute atomic E-state index is 0. The summed E-state index contributed by atoms with van der Waals surface area (Å²) >= 11 is 3.43. The zero-order chi connectivity index (χ0) is 8.55. The van der Waals surface area contributed by atoms with Crippen molar-refractivity contribution >= 4 is 39.2 Å². The summed E-state index contributed by atoms with van der Waals surface area (Å²) in [6, 6.07) is 6.13. The van der Waals surface area contributed by atoms with Crippen LogP contribution in [0.15, 0.2) is 28.9 Å². The first kappa shape index (κ1) is 10.6. The van der Waals surface area contributed by atoms with Crippen molar-refractivity contribution in [3.63, 3.8) is 0 Å². The van der Waals surface area contributed by atoms with Gasteiger partial charge in [0, 0.05) is 28.1 Å². The molecule has 3 N–H and O–H groups in total. The molecule has 0 atom stereocenters. The van der Waals surface area contributed by atoms with Gasteiger partial charge < -0.3 is 10.7 Å². The second-order valence-electron chi connectivity index (χ2n) is 2.71. The number of H-pyrrole nitrogens is 1. The van der Waals surface area contributed by atoms with Gasteiger partial charge in [-0.1, -0.05) is 15.9 Å². The Balaban J connectivity index is 0.000000845. The highest BCUT2D eigenvalue weighted by molar-refractivity contribution is 9.10. The predicted molar refractivity (Wildman–Crippen MR) is 61.1 cm³/mol. The Morgan fingerprint density at radius 2 is 2.15 bits per heavy atom. The van der Waals surface area contributed by atoms with Gasteiger partial charge >= 0.3 is 0 Å². The van der Waals surface area contributed by atoms with E-state index in [4.69, 9.17) is 5.73 Å². The lowest BCUT2D eigenvalue weighted by Gasteiger charge is -1.94. The van der Waals surface area contributed by atoms with Crippen molar-refractivity contribution in [1.29, 1.82) is 0 Å². The molecule has 0 spiro atoms. The maximum Gasteiger partial charge on any atom is 0.0458 e. The Kier molecular flexibility index (Phi) is 3.36. The molecule has 2 nitrogen and oxygen atoms in total. The molecule has 1 heterocycles. The molecular formula is C9H10BrClN2. The van der Waals surface area contributed by atoms with Crippen LogP contribution in [-0.2, 0) is 6.54 Å². The van der Waals surface area contributed by atoms with Crippen molar-refractivity contribution in [2.75, 3.05) is 0 Å². The molecule has 0 fully saturated rings. The summed E-state index contributed by atoms with van der Waals surface area (Å²) in [6.45, 7) is 0.580. The fourth-order valence-electron chi connectivity index (χ4n) is 1.32. The summed E-state index contributed by atoms with van der Waals surface area (Å²) in [5.41, 5.74) is 7.87. The molecule has 0 aliphatic rings. The van der Waals surface area contributed by atoms with Crippen LogP contribution in [0, 0.1) is 0 Å². The fourth-order valence-corrected chi connectivity index (χ4v) is 1.68. The van der Waals surface area contributed by atoms with Gasteiger partial charge in [-0.15, -0.1) is 12.4 Å². The third-order valence-corrected chi connectivity index (χ3v) is 2.44. The number of nitrogens with two attached hydrogens (primary N) is 1. The standard InChI is InChI=1S/C9H9BrN2.ClH/c10-7-1-2-9-8(3-7)6(4-11)5-12-9;/h1-3,5,12H,4,11H2;1H. The molecule has 0 aliphatic heterocycles. The van der Waals surface area contributed by atoms with Crippen LogP contribution in [0.5, 0.6) is 0 Å². The summed E-state index contributed by atoms with van der Waals surface area (Å²) in [5, 5.41) is 1.20. The Hall–Kier alpha value is -0.510. The van der Waals surface area contributed by atoms with Crippen molar-refractivity contribution in [2.45, 2.75) is 6.54 Å². The van der Waals surface area contributed by atoms with E-state index in [-0.39, 0.29) is 12.4 Å². The second kappa shape index (κ2) is 4.13. The Morgan fingerprint density at radius 3 is 2.85 bits per heavy atom. The molecule has 4 heteroatoms. The molecule has 1 aromatic heterocycles. The highest BCUT2D eigenvalue weighted by Crippen LogP contribution is 2.21. The Bertz CT molecular complexity index is 411. The van der Waals surface area contributed by atoms with Crippen LogP contribution in [0.1, 0.15) is 5.56 Å². The van der Waals surface area contributed by atoms with Crippen LogP contribution in [0.25, 0.3) is 10.9 Å². The lowest BCUT2D eigenvalue weighted by molar-refractivity contribution is 1.08. The summed E-state index contributed by atoms with van der Waals surface area (Å²) in [5.74, 6) is 0. The molecule has 2 aromatic rings. The van der Waals surface area contributed by atoms with Gasteiger partial charge in [0.2, 0.25) is 0 Å². The quantitative estimate of drug-likeness (QED) is 0.814. The maximum absolute atomic E-state index is 5.58. The predicted octanol–water partition coefficient (Wildman–Crippen LogP) is 2.81. The van der Waals surface area contributed by atoms with Gasteiger partial charge in [-0.3, -0.25) is 0 Å².